The van der Waals surface area contributed by atoms with E-state index in [1.165, 1.54) is 18.3 Å². The summed E-state index contributed by atoms with van der Waals surface area (Å²) in [5.74, 6) is -0.623. The first-order chi connectivity index (χ1) is 13.1. The van der Waals surface area contributed by atoms with E-state index in [1.807, 2.05) is 30.3 Å². The number of esters is 1. The van der Waals surface area contributed by atoms with E-state index in [0.29, 0.717) is 17.1 Å². The van der Waals surface area contributed by atoms with Gasteiger partial charge < -0.3 is 15.5 Å². The molecule has 0 amide bonds. The molecule has 0 spiro atoms. The van der Waals surface area contributed by atoms with Gasteiger partial charge in [0.05, 0.1) is 10.6 Å². The Bertz CT molecular complexity index is 922. The molecule has 0 aliphatic rings. The minimum atomic E-state index is -0.673. The summed E-state index contributed by atoms with van der Waals surface area (Å²) >= 11 is 0. The molecule has 3 aromatic rings. The van der Waals surface area contributed by atoms with Crippen LogP contribution in [0, 0.1) is 10.1 Å². The van der Waals surface area contributed by atoms with Crippen LogP contribution < -0.4 is 5.73 Å². The average molecular weight is 366 g/mol. The summed E-state index contributed by atoms with van der Waals surface area (Å²) in [5, 5.41) is 10.7. The number of ether oxygens (including phenoxy) is 1. The van der Waals surface area contributed by atoms with Gasteiger partial charge in [-0.1, -0.05) is 30.3 Å². The number of nitrogens with one attached hydrogen (secondary N) is 1. The molecule has 3 rings (SSSR count). The van der Waals surface area contributed by atoms with E-state index in [2.05, 4.69) is 9.97 Å². The molecule has 0 saturated carbocycles. The van der Waals surface area contributed by atoms with Crippen LogP contribution in [0.1, 0.15) is 17.2 Å². The maximum atomic E-state index is 12.4. The maximum absolute atomic E-state index is 12.4. The highest BCUT2D eigenvalue weighted by Crippen LogP contribution is 2.23. The Morgan fingerprint density at radius 3 is 2.52 bits per heavy atom. The van der Waals surface area contributed by atoms with Crippen LogP contribution in [-0.4, -0.2) is 27.4 Å². The van der Waals surface area contributed by atoms with Gasteiger partial charge in [0, 0.05) is 30.4 Å². The van der Waals surface area contributed by atoms with Gasteiger partial charge in [0.1, 0.15) is 18.3 Å². The van der Waals surface area contributed by atoms with Crippen LogP contribution in [0.3, 0.4) is 0 Å². The van der Waals surface area contributed by atoms with Gasteiger partial charge in [-0.2, -0.15) is 0 Å². The summed E-state index contributed by atoms with van der Waals surface area (Å²) in [5.41, 5.74) is 7.83. The molecule has 2 aromatic carbocycles. The van der Waals surface area contributed by atoms with Gasteiger partial charge in [0.15, 0.2) is 0 Å². The molecule has 1 heterocycles. The second-order valence-corrected chi connectivity index (χ2v) is 5.87. The predicted molar refractivity (Wildman–Crippen MR) is 98.7 cm³/mol. The van der Waals surface area contributed by atoms with E-state index < -0.39 is 16.8 Å². The number of nitrogens with zero attached hydrogens (tertiary/aromatic N) is 2. The van der Waals surface area contributed by atoms with Crippen LogP contribution in [0.25, 0.3) is 11.4 Å². The summed E-state index contributed by atoms with van der Waals surface area (Å²) in [6.07, 6.45) is 1.53. The summed E-state index contributed by atoms with van der Waals surface area (Å²) in [4.78, 5) is 29.9. The fraction of sp³-hybridized carbons (Fsp3) is 0.158. The molecule has 1 atom stereocenters. The van der Waals surface area contributed by atoms with Gasteiger partial charge in [0.2, 0.25) is 0 Å². The number of aromatic amines is 1. The molecule has 0 saturated heterocycles. The first kappa shape index (κ1) is 18.3. The number of hydrogen-bond acceptors (Lipinski definition) is 6. The second kappa shape index (κ2) is 8.24. The smallest absolute Gasteiger partial charge is 0.316 e. The highest BCUT2D eigenvalue weighted by molar-refractivity contribution is 5.78. The SMILES string of the molecule is NC[C@H](C(=O)OCc1ccccc1)c1cnc(-c2ccc([N+](=O)[O-])cc2)[nH]1. The van der Waals surface area contributed by atoms with Crippen molar-refractivity contribution in [3.63, 3.8) is 0 Å². The summed E-state index contributed by atoms with van der Waals surface area (Å²) in [6.45, 7) is 0.231. The number of imidazole rings is 1. The van der Waals surface area contributed by atoms with Gasteiger partial charge in [-0.3, -0.25) is 14.9 Å². The molecule has 1 aromatic heterocycles. The fourth-order valence-electron chi connectivity index (χ4n) is 2.58. The number of aromatic nitrogens is 2. The van der Waals surface area contributed by atoms with E-state index in [-0.39, 0.29) is 18.8 Å². The molecule has 0 aliphatic carbocycles. The van der Waals surface area contributed by atoms with Gasteiger partial charge in [-0.05, 0) is 17.7 Å². The molecule has 0 bridgehead atoms. The number of H-pyrrole nitrogens is 1. The van der Waals surface area contributed by atoms with Crippen molar-refractivity contribution in [3.8, 4) is 11.4 Å². The molecule has 8 heteroatoms. The zero-order valence-corrected chi connectivity index (χ0v) is 14.4. The number of nitro benzene ring substituents is 1. The van der Waals surface area contributed by atoms with E-state index in [1.54, 1.807) is 12.1 Å². The molecule has 0 aliphatic heterocycles. The lowest BCUT2D eigenvalue weighted by Crippen LogP contribution is -2.24. The Kier molecular flexibility index (Phi) is 5.58. The number of nitro groups is 1. The molecule has 8 nitrogen and oxygen atoms in total. The lowest BCUT2D eigenvalue weighted by Gasteiger charge is -2.12. The molecule has 3 N–H and O–H groups in total. The third-order valence-corrected chi connectivity index (χ3v) is 4.07. The Hall–Kier alpha value is -3.52. The van der Waals surface area contributed by atoms with Crippen LogP contribution in [-0.2, 0) is 16.1 Å². The number of carbonyl (C=O) groups is 1. The quantitative estimate of drug-likeness (QED) is 0.376. The predicted octanol–water partition coefficient (Wildman–Crippen LogP) is 2.77. The average Bonchev–Trinajstić information content (AvgIpc) is 3.17. The maximum Gasteiger partial charge on any atom is 0.316 e. The van der Waals surface area contributed by atoms with Crippen molar-refractivity contribution < 1.29 is 14.5 Å². The van der Waals surface area contributed by atoms with Crippen molar-refractivity contribution in [1.82, 2.24) is 9.97 Å². The molecule has 0 fully saturated rings. The third-order valence-electron chi connectivity index (χ3n) is 4.07. The van der Waals surface area contributed by atoms with Crippen LogP contribution in [0.2, 0.25) is 0 Å². The highest BCUT2D eigenvalue weighted by Gasteiger charge is 2.23. The molecule has 138 valence electrons. The first-order valence-corrected chi connectivity index (χ1v) is 8.29. The fourth-order valence-corrected chi connectivity index (χ4v) is 2.58. The highest BCUT2D eigenvalue weighted by atomic mass is 16.6. The monoisotopic (exact) mass is 366 g/mol. The number of rotatable bonds is 7. The van der Waals surface area contributed by atoms with Crippen molar-refractivity contribution in [1.29, 1.82) is 0 Å². The van der Waals surface area contributed by atoms with Crippen molar-refractivity contribution in [2.45, 2.75) is 12.5 Å². The Labute approximate surface area is 155 Å². The van der Waals surface area contributed by atoms with Crippen LogP contribution >= 0.6 is 0 Å². The second-order valence-electron chi connectivity index (χ2n) is 5.87. The van der Waals surface area contributed by atoms with Crippen LogP contribution in [0.4, 0.5) is 5.69 Å². The number of hydrogen-bond donors (Lipinski definition) is 2. The Balaban J connectivity index is 1.70. The zero-order valence-electron chi connectivity index (χ0n) is 14.4. The van der Waals surface area contributed by atoms with Crippen molar-refractivity contribution in [2.75, 3.05) is 6.54 Å². The number of benzene rings is 2. The molecule has 0 radical (unpaired) electrons. The van der Waals surface area contributed by atoms with Gasteiger partial charge in [-0.25, -0.2) is 4.98 Å². The van der Waals surface area contributed by atoms with Crippen LogP contribution in [0.5, 0.6) is 0 Å². The molecular weight excluding hydrogens is 348 g/mol. The Morgan fingerprint density at radius 1 is 1.19 bits per heavy atom. The van der Waals surface area contributed by atoms with E-state index >= 15 is 0 Å². The molecule has 0 unspecified atom stereocenters. The van der Waals surface area contributed by atoms with Crippen molar-refractivity contribution in [2.24, 2.45) is 5.73 Å². The van der Waals surface area contributed by atoms with Gasteiger partial charge in [0.25, 0.3) is 5.69 Å². The van der Waals surface area contributed by atoms with Gasteiger partial charge in [-0.15, -0.1) is 0 Å². The lowest BCUT2D eigenvalue weighted by atomic mass is 10.1. The normalized spacial score (nSPS) is 11.7. The van der Waals surface area contributed by atoms with E-state index in [4.69, 9.17) is 10.5 Å². The Morgan fingerprint density at radius 2 is 1.89 bits per heavy atom. The van der Waals surface area contributed by atoms with Crippen molar-refractivity contribution >= 4 is 11.7 Å². The summed E-state index contributed by atoms with van der Waals surface area (Å²) in [6, 6.07) is 15.3. The minimum absolute atomic E-state index is 0.00476. The summed E-state index contributed by atoms with van der Waals surface area (Å²) in [7, 11) is 0. The number of nitrogens with two attached hydrogens (primary N) is 1. The van der Waals surface area contributed by atoms with Gasteiger partial charge >= 0.3 is 5.97 Å². The third kappa shape index (κ3) is 4.36. The number of carbonyl (C=O) groups excluding carboxylic acids is 1. The van der Waals surface area contributed by atoms with E-state index in [9.17, 15) is 14.9 Å². The molecule has 27 heavy (non-hydrogen) atoms. The standard InChI is InChI=1S/C19H18N4O4/c20-10-16(19(24)27-12-13-4-2-1-3-5-13)17-11-21-18(22-17)14-6-8-15(9-7-14)23(25)26/h1-9,11,16H,10,12,20H2,(H,21,22)/t16-/m0/s1. The summed E-state index contributed by atoms with van der Waals surface area (Å²) < 4.78 is 5.35. The van der Waals surface area contributed by atoms with E-state index in [0.717, 1.165) is 5.56 Å². The lowest BCUT2D eigenvalue weighted by molar-refractivity contribution is -0.384. The minimum Gasteiger partial charge on any atom is -0.460 e. The van der Waals surface area contributed by atoms with Crippen LogP contribution in [0.15, 0.2) is 60.8 Å². The molecular formula is C19H18N4O4. The topological polar surface area (TPSA) is 124 Å². The number of non-ortho nitro benzene ring substituents is 1. The van der Waals surface area contributed by atoms with Crippen molar-refractivity contribution in [3.05, 3.63) is 82.2 Å². The first-order valence-electron chi connectivity index (χ1n) is 8.29. The zero-order chi connectivity index (χ0) is 19.2. The largest absolute Gasteiger partial charge is 0.460 e.